The summed E-state index contributed by atoms with van der Waals surface area (Å²) < 4.78 is 1.68. The predicted molar refractivity (Wildman–Crippen MR) is 67.4 cm³/mol. The summed E-state index contributed by atoms with van der Waals surface area (Å²) in [6, 6.07) is 5.75. The summed E-state index contributed by atoms with van der Waals surface area (Å²) in [6.45, 7) is 5.42. The van der Waals surface area contributed by atoms with Gasteiger partial charge in [0.05, 0.1) is 11.0 Å². The summed E-state index contributed by atoms with van der Waals surface area (Å²) in [5, 5.41) is 0. The number of nitrogens with zero attached hydrogens (tertiary/aromatic N) is 2. The van der Waals surface area contributed by atoms with Crippen molar-refractivity contribution in [2.75, 3.05) is 5.73 Å². The van der Waals surface area contributed by atoms with E-state index in [4.69, 9.17) is 11.5 Å². The molecule has 0 bridgehead atoms. The Hall–Kier alpha value is -2.04. The Kier molecular flexibility index (Phi) is 2.34. The summed E-state index contributed by atoms with van der Waals surface area (Å²) in [5.74, 6) is -0.136. The topological polar surface area (TPSA) is 86.9 Å². The third kappa shape index (κ3) is 1.54. The Morgan fingerprint density at radius 1 is 1.41 bits per heavy atom. The zero-order chi connectivity index (χ0) is 12.8. The molecule has 0 radical (unpaired) electrons. The summed E-state index contributed by atoms with van der Waals surface area (Å²) in [4.78, 5) is 15.8. The molecule has 0 aliphatic rings. The Morgan fingerprint density at radius 2 is 2.06 bits per heavy atom. The number of para-hydroxylation sites is 1. The number of rotatable bonds is 2. The highest BCUT2D eigenvalue weighted by Gasteiger charge is 2.31. The van der Waals surface area contributed by atoms with E-state index in [1.54, 1.807) is 18.4 Å². The standard InChI is InChI=1S/C12H16N4O/c1-7-5-4-6-8-9(7)15-11(14)16(8)12(2,3)10(13)17/h4-6H,1-3H3,(H2,13,17)(H2,14,15). The van der Waals surface area contributed by atoms with Gasteiger partial charge in [0.1, 0.15) is 5.54 Å². The maximum Gasteiger partial charge on any atom is 0.243 e. The maximum absolute atomic E-state index is 11.5. The van der Waals surface area contributed by atoms with Gasteiger partial charge in [-0.25, -0.2) is 4.98 Å². The fourth-order valence-corrected chi connectivity index (χ4v) is 1.96. The highest BCUT2D eigenvalue weighted by atomic mass is 16.1. The fourth-order valence-electron chi connectivity index (χ4n) is 1.96. The van der Waals surface area contributed by atoms with Crippen molar-refractivity contribution in [2.45, 2.75) is 26.3 Å². The van der Waals surface area contributed by atoms with Crippen molar-refractivity contribution in [1.29, 1.82) is 0 Å². The number of aromatic nitrogens is 2. The van der Waals surface area contributed by atoms with Gasteiger partial charge in [-0.2, -0.15) is 0 Å². The number of fused-ring (bicyclic) bond motifs is 1. The van der Waals surface area contributed by atoms with Crippen LogP contribution in [0, 0.1) is 6.92 Å². The first-order valence-electron chi connectivity index (χ1n) is 5.39. The molecule has 5 nitrogen and oxygen atoms in total. The first-order valence-corrected chi connectivity index (χ1v) is 5.39. The number of carbonyl (C=O) groups excluding carboxylic acids is 1. The number of imidazole rings is 1. The van der Waals surface area contributed by atoms with Crippen LogP contribution in [0.15, 0.2) is 18.2 Å². The van der Waals surface area contributed by atoms with E-state index in [0.717, 1.165) is 16.6 Å². The molecule has 5 heteroatoms. The minimum atomic E-state index is -0.896. The third-order valence-electron chi connectivity index (χ3n) is 3.07. The van der Waals surface area contributed by atoms with E-state index in [1.807, 2.05) is 25.1 Å². The third-order valence-corrected chi connectivity index (χ3v) is 3.07. The lowest BCUT2D eigenvalue weighted by Crippen LogP contribution is -2.41. The highest BCUT2D eigenvalue weighted by Crippen LogP contribution is 2.28. The Labute approximate surface area is 99.4 Å². The molecule has 0 atom stereocenters. The Bertz CT molecular complexity index is 598. The molecule has 0 saturated heterocycles. The number of amides is 1. The number of hydrogen-bond donors (Lipinski definition) is 2. The first-order chi connectivity index (χ1) is 7.85. The summed E-state index contributed by atoms with van der Waals surface area (Å²) in [6.07, 6.45) is 0. The molecule has 0 aliphatic heterocycles. The monoisotopic (exact) mass is 232 g/mol. The van der Waals surface area contributed by atoms with Gasteiger partial charge in [-0.05, 0) is 32.4 Å². The number of primary amides is 1. The molecular weight excluding hydrogens is 216 g/mol. The van der Waals surface area contributed by atoms with Gasteiger partial charge in [0.15, 0.2) is 0 Å². The molecule has 0 unspecified atom stereocenters. The lowest BCUT2D eigenvalue weighted by molar-refractivity contribution is -0.124. The van der Waals surface area contributed by atoms with Crippen LogP contribution in [0.4, 0.5) is 5.95 Å². The summed E-state index contributed by atoms with van der Waals surface area (Å²) >= 11 is 0. The fraction of sp³-hybridized carbons (Fsp3) is 0.333. The van der Waals surface area contributed by atoms with Gasteiger partial charge in [0.2, 0.25) is 11.9 Å². The van der Waals surface area contributed by atoms with E-state index in [0.29, 0.717) is 5.95 Å². The van der Waals surface area contributed by atoms with Gasteiger partial charge >= 0.3 is 0 Å². The number of benzene rings is 1. The van der Waals surface area contributed by atoms with Gasteiger partial charge in [0, 0.05) is 0 Å². The first kappa shape index (κ1) is 11.4. The number of aryl methyl sites for hydroxylation is 1. The largest absolute Gasteiger partial charge is 0.369 e. The molecule has 0 saturated carbocycles. The molecule has 4 N–H and O–H groups in total. The van der Waals surface area contributed by atoms with E-state index >= 15 is 0 Å². The molecule has 0 spiro atoms. The molecule has 0 aliphatic carbocycles. The van der Waals surface area contributed by atoms with Crippen molar-refractivity contribution >= 4 is 22.9 Å². The van der Waals surface area contributed by atoms with E-state index in [-0.39, 0.29) is 0 Å². The lowest BCUT2D eigenvalue weighted by Gasteiger charge is -2.24. The average molecular weight is 232 g/mol. The SMILES string of the molecule is Cc1cccc2c1nc(N)n2C(C)(C)C(N)=O. The minimum absolute atomic E-state index is 0.304. The summed E-state index contributed by atoms with van der Waals surface area (Å²) in [7, 11) is 0. The lowest BCUT2D eigenvalue weighted by atomic mass is 10.0. The normalized spacial score (nSPS) is 11.9. The van der Waals surface area contributed by atoms with Crippen LogP contribution in [0.25, 0.3) is 11.0 Å². The van der Waals surface area contributed by atoms with Crippen LogP contribution in [0.3, 0.4) is 0 Å². The van der Waals surface area contributed by atoms with Crippen molar-refractivity contribution in [1.82, 2.24) is 9.55 Å². The molecule has 90 valence electrons. The molecule has 1 aromatic carbocycles. The molecule has 2 rings (SSSR count). The van der Waals surface area contributed by atoms with Crippen LogP contribution >= 0.6 is 0 Å². The minimum Gasteiger partial charge on any atom is -0.369 e. The van der Waals surface area contributed by atoms with Crippen molar-refractivity contribution in [3.05, 3.63) is 23.8 Å². The summed E-state index contributed by atoms with van der Waals surface area (Å²) in [5.41, 5.74) is 13.1. The van der Waals surface area contributed by atoms with Crippen LogP contribution in [0.1, 0.15) is 19.4 Å². The van der Waals surface area contributed by atoms with Crippen LogP contribution in [-0.4, -0.2) is 15.5 Å². The number of carbonyl (C=O) groups is 1. The Balaban J connectivity index is 2.83. The van der Waals surface area contributed by atoms with E-state index < -0.39 is 11.4 Å². The molecular formula is C12H16N4O. The molecule has 17 heavy (non-hydrogen) atoms. The number of hydrogen-bond acceptors (Lipinski definition) is 3. The zero-order valence-corrected chi connectivity index (χ0v) is 10.2. The van der Waals surface area contributed by atoms with Crippen molar-refractivity contribution in [3.63, 3.8) is 0 Å². The predicted octanol–water partition coefficient (Wildman–Crippen LogP) is 1.15. The zero-order valence-electron chi connectivity index (χ0n) is 10.2. The quantitative estimate of drug-likeness (QED) is 0.814. The van der Waals surface area contributed by atoms with Gasteiger partial charge in [-0.15, -0.1) is 0 Å². The number of nitrogen functional groups attached to an aromatic ring is 1. The van der Waals surface area contributed by atoms with Gasteiger partial charge in [-0.3, -0.25) is 9.36 Å². The molecule has 1 amide bonds. The van der Waals surface area contributed by atoms with Gasteiger partial charge in [0.25, 0.3) is 0 Å². The smallest absolute Gasteiger partial charge is 0.243 e. The Morgan fingerprint density at radius 3 is 2.65 bits per heavy atom. The average Bonchev–Trinajstić information content (AvgIpc) is 2.56. The molecule has 2 aromatic rings. The maximum atomic E-state index is 11.5. The highest BCUT2D eigenvalue weighted by molar-refractivity contribution is 5.88. The molecule has 1 aromatic heterocycles. The van der Waals surface area contributed by atoms with Gasteiger partial charge in [-0.1, -0.05) is 12.1 Å². The van der Waals surface area contributed by atoms with E-state index in [2.05, 4.69) is 4.98 Å². The van der Waals surface area contributed by atoms with E-state index in [1.165, 1.54) is 0 Å². The van der Waals surface area contributed by atoms with Crippen molar-refractivity contribution in [2.24, 2.45) is 5.73 Å². The van der Waals surface area contributed by atoms with Crippen LogP contribution in [0.5, 0.6) is 0 Å². The second-order valence-corrected chi connectivity index (χ2v) is 4.67. The van der Waals surface area contributed by atoms with Crippen LogP contribution in [-0.2, 0) is 10.3 Å². The molecule has 1 heterocycles. The van der Waals surface area contributed by atoms with Crippen molar-refractivity contribution in [3.8, 4) is 0 Å². The van der Waals surface area contributed by atoms with Crippen LogP contribution < -0.4 is 11.5 Å². The second kappa shape index (κ2) is 3.48. The van der Waals surface area contributed by atoms with E-state index in [9.17, 15) is 4.79 Å². The van der Waals surface area contributed by atoms with Crippen LogP contribution in [0.2, 0.25) is 0 Å². The van der Waals surface area contributed by atoms with Crippen molar-refractivity contribution < 1.29 is 4.79 Å². The number of nitrogens with two attached hydrogens (primary N) is 2. The molecule has 0 fully saturated rings. The van der Waals surface area contributed by atoms with Gasteiger partial charge < -0.3 is 11.5 Å². The second-order valence-electron chi connectivity index (χ2n) is 4.67. The number of anilines is 1.